The Morgan fingerprint density at radius 1 is 1.00 bits per heavy atom. The van der Waals surface area contributed by atoms with E-state index in [-0.39, 0.29) is 12.4 Å². The van der Waals surface area contributed by atoms with E-state index in [1.54, 1.807) is 47.3 Å². The number of benzene rings is 3. The van der Waals surface area contributed by atoms with E-state index in [2.05, 4.69) is 20.9 Å². The fourth-order valence-corrected chi connectivity index (χ4v) is 3.23. The van der Waals surface area contributed by atoms with Crippen molar-refractivity contribution in [3.05, 3.63) is 107 Å². The number of rotatable bonds is 7. The van der Waals surface area contributed by atoms with E-state index in [1.807, 2.05) is 30.3 Å². The first-order valence-electron chi connectivity index (χ1n) is 10.3. The third kappa shape index (κ3) is 5.73. The minimum Gasteiger partial charge on any atom is -0.343 e. The van der Waals surface area contributed by atoms with Crippen LogP contribution in [0.1, 0.15) is 15.9 Å². The average molecular weight is 476 g/mol. The first kappa shape index (κ1) is 22.9. The van der Waals surface area contributed by atoms with Gasteiger partial charge in [0.15, 0.2) is 0 Å². The maximum atomic E-state index is 13.4. The van der Waals surface area contributed by atoms with Crippen molar-refractivity contribution in [3.63, 3.8) is 0 Å². The zero-order chi connectivity index (χ0) is 23.9. The normalized spacial score (nSPS) is 10.9. The van der Waals surface area contributed by atoms with Crippen LogP contribution in [0.4, 0.5) is 4.39 Å². The molecule has 1 aromatic heterocycles. The first-order valence-corrected chi connectivity index (χ1v) is 10.6. The van der Waals surface area contributed by atoms with Gasteiger partial charge in [0.25, 0.3) is 11.8 Å². The Morgan fingerprint density at radius 3 is 2.41 bits per heavy atom. The van der Waals surface area contributed by atoms with Crippen molar-refractivity contribution in [2.45, 2.75) is 0 Å². The van der Waals surface area contributed by atoms with Gasteiger partial charge >= 0.3 is 0 Å². The molecule has 0 atom stereocenters. The van der Waals surface area contributed by atoms with E-state index in [1.165, 1.54) is 18.3 Å². The lowest BCUT2D eigenvalue weighted by Crippen LogP contribution is -2.34. The van der Waals surface area contributed by atoms with Gasteiger partial charge in [-0.25, -0.2) is 14.5 Å². The number of hydrazone groups is 1. The van der Waals surface area contributed by atoms with Gasteiger partial charge in [0.05, 0.1) is 18.4 Å². The Labute approximate surface area is 199 Å². The van der Waals surface area contributed by atoms with Crippen LogP contribution < -0.4 is 10.7 Å². The first-order chi connectivity index (χ1) is 16.5. The predicted molar refractivity (Wildman–Crippen MR) is 128 cm³/mol. The Kier molecular flexibility index (Phi) is 7.10. The quantitative estimate of drug-likeness (QED) is 0.310. The van der Waals surface area contributed by atoms with E-state index in [9.17, 15) is 14.0 Å². The summed E-state index contributed by atoms with van der Waals surface area (Å²) in [5, 5.41) is 11.6. The molecule has 0 spiro atoms. The van der Waals surface area contributed by atoms with Crippen molar-refractivity contribution in [1.29, 1.82) is 0 Å². The van der Waals surface area contributed by atoms with Gasteiger partial charge in [0.1, 0.15) is 11.5 Å². The van der Waals surface area contributed by atoms with Crippen LogP contribution in [-0.4, -0.2) is 34.4 Å². The fraction of sp³-hybridized carbons (Fsp3) is 0.0400. The summed E-state index contributed by atoms with van der Waals surface area (Å²) in [6.07, 6.45) is 3.20. The molecule has 2 N–H and O–H groups in total. The molecule has 170 valence electrons. The molecule has 34 heavy (non-hydrogen) atoms. The van der Waals surface area contributed by atoms with Crippen molar-refractivity contribution in [2.75, 3.05) is 6.54 Å². The van der Waals surface area contributed by atoms with Gasteiger partial charge in [-0.05, 0) is 60.7 Å². The predicted octanol–water partition coefficient (Wildman–Crippen LogP) is 4.21. The molecule has 0 aliphatic rings. The third-order valence-corrected chi connectivity index (χ3v) is 5.04. The SMILES string of the molecule is O=C(CNC(=O)c1ccc(Cl)cc1)N/N=C/c1cn(-c2ccccc2)nc1-c1ccc(F)cc1. The molecule has 0 aliphatic carbocycles. The maximum Gasteiger partial charge on any atom is 0.259 e. The zero-order valence-electron chi connectivity index (χ0n) is 17.8. The number of carbonyl (C=O) groups excluding carboxylic acids is 2. The minimum atomic E-state index is -0.502. The number of hydrogen-bond acceptors (Lipinski definition) is 4. The van der Waals surface area contributed by atoms with Crippen LogP contribution in [-0.2, 0) is 4.79 Å². The highest BCUT2D eigenvalue weighted by atomic mass is 35.5. The molecule has 0 fully saturated rings. The summed E-state index contributed by atoms with van der Waals surface area (Å²) in [5.41, 5.74) is 5.47. The summed E-state index contributed by atoms with van der Waals surface area (Å²) >= 11 is 5.81. The molecule has 4 aromatic rings. The maximum absolute atomic E-state index is 13.4. The Bertz CT molecular complexity index is 1320. The number of aromatic nitrogens is 2. The average Bonchev–Trinajstić information content (AvgIpc) is 3.28. The van der Waals surface area contributed by atoms with Crippen LogP contribution in [0.2, 0.25) is 5.02 Å². The van der Waals surface area contributed by atoms with Gasteiger partial charge < -0.3 is 5.32 Å². The molecule has 4 rings (SSSR count). The van der Waals surface area contributed by atoms with E-state index < -0.39 is 11.8 Å². The number of amides is 2. The van der Waals surface area contributed by atoms with Crippen LogP contribution in [0, 0.1) is 5.82 Å². The molecule has 0 aliphatic heterocycles. The van der Waals surface area contributed by atoms with Gasteiger partial charge in [0.2, 0.25) is 0 Å². The number of nitrogens with zero attached hydrogens (tertiary/aromatic N) is 3. The molecule has 0 saturated carbocycles. The summed E-state index contributed by atoms with van der Waals surface area (Å²) in [6.45, 7) is -0.257. The summed E-state index contributed by atoms with van der Waals surface area (Å²) in [4.78, 5) is 24.2. The molecule has 9 heteroatoms. The molecule has 0 radical (unpaired) electrons. The Morgan fingerprint density at radius 2 is 1.71 bits per heavy atom. The minimum absolute atomic E-state index is 0.257. The number of hydrogen-bond donors (Lipinski definition) is 2. The summed E-state index contributed by atoms with van der Waals surface area (Å²) in [5.74, 6) is -1.26. The monoisotopic (exact) mass is 475 g/mol. The summed E-state index contributed by atoms with van der Waals surface area (Å²) in [6, 6.07) is 21.7. The lowest BCUT2D eigenvalue weighted by Gasteiger charge is -2.04. The van der Waals surface area contributed by atoms with Crippen LogP contribution in [0.3, 0.4) is 0 Å². The topological polar surface area (TPSA) is 88.4 Å². The molecule has 2 amide bonds. The van der Waals surface area contributed by atoms with Gasteiger partial charge in [-0.3, -0.25) is 9.59 Å². The molecule has 0 bridgehead atoms. The largest absolute Gasteiger partial charge is 0.343 e. The lowest BCUT2D eigenvalue weighted by atomic mass is 10.1. The second-order valence-electron chi connectivity index (χ2n) is 7.20. The summed E-state index contributed by atoms with van der Waals surface area (Å²) < 4.78 is 15.1. The van der Waals surface area contributed by atoms with Crippen molar-refractivity contribution < 1.29 is 14.0 Å². The van der Waals surface area contributed by atoms with Crippen molar-refractivity contribution in [1.82, 2.24) is 20.5 Å². The van der Waals surface area contributed by atoms with Crippen molar-refractivity contribution >= 4 is 29.6 Å². The second-order valence-corrected chi connectivity index (χ2v) is 7.64. The number of carbonyl (C=O) groups is 2. The molecule has 3 aromatic carbocycles. The molecule has 1 heterocycles. The number of nitrogens with one attached hydrogen (secondary N) is 2. The van der Waals surface area contributed by atoms with Gasteiger partial charge in [0, 0.05) is 27.9 Å². The molecular formula is C25H19ClFN5O2. The van der Waals surface area contributed by atoms with Crippen LogP contribution in [0.5, 0.6) is 0 Å². The lowest BCUT2D eigenvalue weighted by molar-refractivity contribution is -0.120. The van der Waals surface area contributed by atoms with Crippen LogP contribution in [0.25, 0.3) is 16.9 Å². The van der Waals surface area contributed by atoms with E-state index in [0.29, 0.717) is 27.4 Å². The Hall–Kier alpha value is -4.30. The highest BCUT2D eigenvalue weighted by Crippen LogP contribution is 2.23. The Balaban J connectivity index is 1.45. The number of halogens is 2. The van der Waals surface area contributed by atoms with E-state index in [4.69, 9.17) is 11.6 Å². The standard InChI is InChI=1S/C25H19ClFN5O2/c26-20-10-6-18(7-11-20)25(34)28-15-23(33)30-29-14-19-16-32(22-4-2-1-3-5-22)31-24(19)17-8-12-21(27)13-9-17/h1-14,16H,15H2,(H,28,34)(H,30,33)/b29-14+. The van der Waals surface area contributed by atoms with Crippen molar-refractivity contribution in [2.24, 2.45) is 5.10 Å². The van der Waals surface area contributed by atoms with Gasteiger partial charge in [-0.15, -0.1) is 0 Å². The molecule has 7 nitrogen and oxygen atoms in total. The van der Waals surface area contributed by atoms with E-state index >= 15 is 0 Å². The van der Waals surface area contributed by atoms with Crippen LogP contribution in [0.15, 0.2) is 90.2 Å². The number of para-hydroxylation sites is 1. The highest BCUT2D eigenvalue weighted by molar-refractivity contribution is 6.30. The zero-order valence-corrected chi connectivity index (χ0v) is 18.5. The van der Waals surface area contributed by atoms with E-state index in [0.717, 1.165) is 5.69 Å². The smallest absolute Gasteiger partial charge is 0.259 e. The van der Waals surface area contributed by atoms with Crippen LogP contribution >= 0.6 is 11.6 Å². The fourth-order valence-electron chi connectivity index (χ4n) is 3.10. The molecular weight excluding hydrogens is 457 g/mol. The highest BCUT2D eigenvalue weighted by Gasteiger charge is 2.12. The molecule has 0 saturated heterocycles. The third-order valence-electron chi connectivity index (χ3n) is 4.79. The van der Waals surface area contributed by atoms with Gasteiger partial charge in [-0.1, -0.05) is 29.8 Å². The summed E-state index contributed by atoms with van der Waals surface area (Å²) in [7, 11) is 0. The second kappa shape index (κ2) is 10.5. The van der Waals surface area contributed by atoms with Crippen molar-refractivity contribution in [3.8, 4) is 16.9 Å². The molecule has 0 unspecified atom stereocenters. The van der Waals surface area contributed by atoms with Gasteiger partial charge in [-0.2, -0.15) is 10.2 Å².